The maximum atomic E-state index is 5.44. The highest BCUT2D eigenvalue weighted by Crippen LogP contribution is 2.44. The molecule has 8 aromatic carbocycles. The molecule has 3 nitrogen and oxygen atoms in total. The fraction of sp³-hybridized carbons (Fsp3) is 0. The number of nitrogens with zero attached hydrogens (tertiary/aromatic N) is 3. The first-order valence-corrected chi connectivity index (χ1v) is 16.0. The maximum Gasteiger partial charge on any atom is 0.162 e. The lowest BCUT2D eigenvalue weighted by molar-refractivity contribution is 1.08. The molecule has 0 unspecified atom stereocenters. The summed E-state index contributed by atoms with van der Waals surface area (Å²) in [5, 5.41) is 11.1. The minimum absolute atomic E-state index is 0.710. The van der Waals surface area contributed by atoms with Gasteiger partial charge in [0.15, 0.2) is 5.82 Å². The van der Waals surface area contributed by atoms with Gasteiger partial charge in [-0.15, -0.1) is 0 Å². The van der Waals surface area contributed by atoms with Gasteiger partial charge in [-0.1, -0.05) is 140 Å². The van der Waals surface area contributed by atoms with E-state index in [0.717, 1.165) is 44.4 Å². The van der Waals surface area contributed by atoms with E-state index in [0.29, 0.717) is 5.82 Å². The van der Waals surface area contributed by atoms with Crippen molar-refractivity contribution in [2.45, 2.75) is 0 Å². The second kappa shape index (κ2) is 10.1. The fourth-order valence-electron chi connectivity index (χ4n) is 7.58. The molecule has 0 N–H and O–H groups in total. The molecule has 0 fully saturated rings. The summed E-state index contributed by atoms with van der Waals surface area (Å²) < 4.78 is 2.35. The minimum Gasteiger partial charge on any atom is -0.293 e. The van der Waals surface area contributed by atoms with Crippen molar-refractivity contribution in [2.24, 2.45) is 0 Å². The molecular weight excluding hydrogens is 571 g/mol. The molecule has 0 saturated carbocycles. The summed E-state index contributed by atoms with van der Waals surface area (Å²) in [6.07, 6.45) is 0. The van der Waals surface area contributed by atoms with Crippen molar-refractivity contribution >= 4 is 65.0 Å². The van der Waals surface area contributed by atoms with Gasteiger partial charge in [0.1, 0.15) is 5.82 Å². The van der Waals surface area contributed by atoms with Crippen LogP contribution >= 0.6 is 0 Å². The number of hydrogen-bond acceptors (Lipinski definition) is 2. The lowest BCUT2D eigenvalue weighted by Gasteiger charge is -2.15. The van der Waals surface area contributed by atoms with Crippen molar-refractivity contribution in [1.29, 1.82) is 0 Å². The van der Waals surface area contributed by atoms with Crippen LogP contribution in [-0.4, -0.2) is 14.5 Å². The molecule has 2 heterocycles. The molecular formula is C44H27N3. The van der Waals surface area contributed by atoms with Gasteiger partial charge in [0.2, 0.25) is 0 Å². The highest BCUT2D eigenvalue weighted by Gasteiger charge is 2.21. The Hall–Kier alpha value is -6.32. The topological polar surface area (TPSA) is 30.7 Å². The van der Waals surface area contributed by atoms with Gasteiger partial charge in [0.05, 0.1) is 16.6 Å². The van der Waals surface area contributed by atoms with Crippen LogP contribution in [0.1, 0.15) is 0 Å². The van der Waals surface area contributed by atoms with Crippen LogP contribution in [0, 0.1) is 0 Å². The van der Waals surface area contributed by atoms with Crippen LogP contribution in [0.4, 0.5) is 0 Å². The Kier molecular flexibility index (Phi) is 5.57. The summed E-state index contributed by atoms with van der Waals surface area (Å²) in [4.78, 5) is 10.6. The Morgan fingerprint density at radius 1 is 0.340 bits per heavy atom. The second-order valence-corrected chi connectivity index (χ2v) is 12.1. The van der Waals surface area contributed by atoms with E-state index in [9.17, 15) is 0 Å². The molecule has 0 atom stereocenters. The summed E-state index contributed by atoms with van der Waals surface area (Å²) in [6.45, 7) is 0. The number of rotatable bonds is 3. The third-order valence-electron chi connectivity index (χ3n) is 9.59. The highest BCUT2D eigenvalue weighted by molar-refractivity contribution is 6.35. The van der Waals surface area contributed by atoms with Gasteiger partial charge < -0.3 is 0 Å². The van der Waals surface area contributed by atoms with Crippen LogP contribution in [-0.2, 0) is 0 Å². The molecule has 0 spiro atoms. The van der Waals surface area contributed by atoms with Gasteiger partial charge in [-0.25, -0.2) is 9.97 Å². The molecule has 2 aromatic heterocycles. The average molecular weight is 598 g/mol. The Morgan fingerprint density at radius 3 is 1.66 bits per heavy atom. The summed E-state index contributed by atoms with van der Waals surface area (Å²) in [5.74, 6) is 1.59. The molecule has 0 amide bonds. The summed E-state index contributed by atoms with van der Waals surface area (Å²) in [6, 6.07) is 58.3. The molecule has 0 radical (unpaired) electrons. The van der Waals surface area contributed by atoms with E-state index in [2.05, 4.69) is 168 Å². The van der Waals surface area contributed by atoms with Crippen LogP contribution < -0.4 is 0 Å². The van der Waals surface area contributed by atoms with E-state index < -0.39 is 0 Å². The van der Waals surface area contributed by atoms with E-state index in [1.807, 2.05) is 0 Å². The van der Waals surface area contributed by atoms with Crippen molar-refractivity contribution in [1.82, 2.24) is 14.5 Å². The van der Waals surface area contributed by atoms with Gasteiger partial charge in [-0.2, -0.15) is 0 Å². The molecule has 10 rings (SSSR count). The quantitative estimate of drug-likeness (QED) is 0.190. The molecule has 0 saturated heterocycles. The lowest BCUT2D eigenvalue weighted by Crippen LogP contribution is -2.03. The van der Waals surface area contributed by atoms with E-state index in [4.69, 9.17) is 9.97 Å². The maximum absolute atomic E-state index is 5.44. The zero-order valence-electron chi connectivity index (χ0n) is 25.4. The zero-order valence-corrected chi connectivity index (χ0v) is 25.4. The van der Waals surface area contributed by atoms with Crippen molar-refractivity contribution < 1.29 is 0 Å². The smallest absolute Gasteiger partial charge is 0.162 e. The number of aromatic nitrogens is 3. The third-order valence-corrected chi connectivity index (χ3v) is 9.59. The average Bonchev–Trinajstić information content (AvgIpc) is 3.49. The van der Waals surface area contributed by atoms with Gasteiger partial charge >= 0.3 is 0 Å². The van der Waals surface area contributed by atoms with Crippen LogP contribution in [0.2, 0.25) is 0 Å². The highest BCUT2D eigenvalue weighted by atomic mass is 15.1. The van der Waals surface area contributed by atoms with E-state index >= 15 is 0 Å². The minimum atomic E-state index is 0.710. The Balaban J connectivity index is 1.36. The first-order chi connectivity index (χ1) is 23.3. The van der Waals surface area contributed by atoms with Crippen LogP contribution in [0.15, 0.2) is 164 Å². The zero-order chi connectivity index (χ0) is 30.9. The predicted molar refractivity (Wildman–Crippen MR) is 197 cm³/mol. The van der Waals surface area contributed by atoms with E-state index in [-0.39, 0.29) is 0 Å². The monoisotopic (exact) mass is 597 g/mol. The molecule has 3 heteroatoms. The van der Waals surface area contributed by atoms with E-state index in [1.165, 1.54) is 43.1 Å². The van der Waals surface area contributed by atoms with Crippen LogP contribution in [0.3, 0.4) is 0 Å². The molecule has 10 aromatic rings. The Bertz CT molecular complexity index is 2810. The Morgan fingerprint density at radius 2 is 0.894 bits per heavy atom. The number of fused-ring (bicyclic) bond motifs is 11. The van der Waals surface area contributed by atoms with Gasteiger partial charge in [-0.05, 0) is 62.3 Å². The first-order valence-electron chi connectivity index (χ1n) is 16.0. The first kappa shape index (κ1) is 26.0. The third kappa shape index (κ3) is 3.81. The molecule has 0 aliphatic carbocycles. The summed E-state index contributed by atoms with van der Waals surface area (Å²) in [7, 11) is 0. The van der Waals surface area contributed by atoms with Crippen molar-refractivity contribution in [3.8, 4) is 28.3 Å². The van der Waals surface area contributed by atoms with Crippen molar-refractivity contribution in [2.75, 3.05) is 0 Å². The standard InChI is InChI=1S/C44H27N3/c1-2-14-28(15-3-1)29-16-4-9-21-35(29)43-45-38-24-12-10-22-36(38)44(46-43)47-39-25-13-11-23-37(39)42-40(47)27-26-34-32-19-6-5-17-30(32)31-18-7-8-20-33(31)41(34)42/h1-27H. The van der Waals surface area contributed by atoms with E-state index in [1.54, 1.807) is 0 Å². The SMILES string of the molecule is c1ccc(-c2ccccc2-c2nc(-n3c4ccccc4c4c5c6ccccc6c6ccccc6c5ccc43)c3ccccc3n2)cc1. The second-order valence-electron chi connectivity index (χ2n) is 12.1. The molecule has 0 bridgehead atoms. The molecule has 0 aliphatic rings. The van der Waals surface area contributed by atoms with Gasteiger partial charge in [-0.3, -0.25) is 4.57 Å². The summed E-state index contributed by atoms with van der Waals surface area (Å²) in [5.41, 5.74) is 6.43. The van der Waals surface area contributed by atoms with Crippen LogP contribution in [0.25, 0.3) is 93.4 Å². The fourth-order valence-corrected chi connectivity index (χ4v) is 7.58. The molecule has 0 aliphatic heterocycles. The number of para-hydroxylation sites is 2. The Labute approximate surface area is 271 Å². The number of benzene rings is 8. The summed E-state index contributed by atoms with van der Waals surface area (Å²) >= 11 is 0. The lowest BCUT2D eigenvalue weighted by atomic mass is 9.92. The van der Waals surface area contributed by atoms with Crippen molar-refractivity contribution in [3.63, 3.8) is 0 Å². The normalized spacial score (nSPS) is 11.8. The number of hydrogen-bond donors (Lipinski definition) is 0. The van der Waals surface area contributed by atoms with Crippen LogP contribution in [0.5, 0.6) is 0 Å². The van der Waals surface area contributed by atoms with Gasteiger partial charge in [0, 0.05) is 27.1 Å². The largest absolute Gasteiger partial charge is 0.293 e. The molecule has 47 heavy (non-hydrogen) atoms. The predicted octanol–water partition coefficient (Wildman–Crippen LogP) is 11.5. The van der Waals surface area contributed by atoms with Crippen molar-refractivity contribution in [3.05, 3.63) is 164 Å². The van der Waals surface area contributed by atoms with Gasteiger partial charge in [0.25, 0.3) is 0 Å². The molecule has 218 valence electrons.